The lowest BCUT2D eigenvalue weighted by molar-refractivity contribution is 0.476. The molecule has 0 unspecified atom stereocenters. The molecule has 6 nitrogen and oxygen atoms in total. The van der Waals surface area contributed by atoms with Gasteiger partial charge >= 0.3 is 0 Å². The topological polar surface area (TPSA) is 80.4 Å². The van der Waals surface area contributed by atoms with E-state index in [2.05, 4.69) is 46.4 Å². The van der Waals surface area contributed by atoms with Gasteiger partial charge in [0, 0.05) is 36.2 Å². The molecule has 1 N–H and O–H groups in total. The molecule has 7 aromatic carbocycles. The van der Waals surface area contributed by atoms with E-state index >= 15 is 0 Å². The first-order valence-electron chi connectivity index (χ1n) is 14.5. The Morgan fingerprint density at radius 2 is 1.11 bits per heavy atom. The highest BCUT2D eigenvalue weighted by Gasteiger charge is 2.29. The molecule has 11 rings (SSSR count). The van der Waals surface area contributed by atoms with Crippen LogP contribution in [0, 0.1) is 0 Å². The van der Waals surface area contributed by atoms with Crippen molar-refractivity contribution in [1.82, 2.24) is 19.4 Å². The van der Waals surface area contributed by atoms with E-state index in [1.165, 1.54) is 32.3 Å². The lowest BCUT2D eigenvalue weighted by Gasteiger charge is -2.13. The average Bonchev–Trinajstić information content (AvgIpc) is 3.71. The maximum atomic E-state index is 14.6. The lowest BCUT2D eigenvalue weighted by atomic mass is 9.89. The van der Waals surface area contributed by atoms with E-state index in [9.17, 15) is 9.90 Å². The molecule has 0 aliphatic heterocycles. The minimum absolute atomic E-state index is 0.0983. The zero-order chi connectivity index (χ0) is 28.8. The van der Waals surface area contributed by atoms with E-state index in [-0.39, 0.29) is 11.3 Å². The fraction of sp³-hybridized carbons (Fsp3) is 0. The quantitative estimate of drug-likeness (QED) is 0.214. The van der Waals surface area contributed by atoms with Gasteiger partial charge in [-0.1, -0.05) is 24.3 Å². The van der Waals surface area contributed by atoms with Crippen molar-refractivity contribution in [3.05, 3.63) is 114 Å². The van der Waals surface area contributed by atoms with Crippen LogP contribution in [0.2, 0.25) is 0 Å². The van der Waals surface area contributed by atoms with Crippen molar-refractivity contribution in [2.75, 3.05) is 0 Å². The Hall–Kier alpha value is -6.14. The molecule has 0 saturated heterocycles. The molecule has 0 radical (unpaired) electrons. The molecule has 0 bridgehead atoms. The number of benzene rings is 6. The van der Waals surface area contributed by atoms with Crippen LogP contribution < -0.4 is 5.56 Å². The van der Waals surface area contributed by atoms with Crippen molar-refractivity contribution in [2.24, 2.45) is 0 Å². The van der Waals surface area contributed by atoms with Gasteiger partial charge in [0.2, 0.25) is 0 Å². The number of aromatic hydroxyl groups is 1. The first-order valence-corrected chi connectivity index (χ1v) is 14.5. The summed E-state index contributed by atoms with van der Waals surface area (Å²) in [4.78, 5) is 28.2. The van der Waals surface area contributed by atoms with Crippen molar-refractivity contribution >= 4 is 81.3 Å². The van der Waals surface area contributed by atoms with Gasteiger partial charge in [-0.15, -0.1) is 0 Å². The van der Waals surface area contributed by atoms with Crippen LogP contribution in [0.5, 0.6) is 5.75 Å². The highest BCUT2D eigenvalue weighted by molar-refractivity contribution is 6.50. The molecule has 11 aromatic rings. The van der Waals surface area contributed by atoms with E-state index < -0.39 is 0 Å². The van der Waals surface area contributed by atoms with Gasteiger partial charge in [0.15, 0.2) is 0 Å². The van der Waals surface area contributed by atoms with Gasteiger partial charge in [-0.05, 0) is 125 Å². The molecule has 0 saturated carbocycles. The molecule has 0 fully saturated rings. The van der Waals surface area contributed by atoms with Gasteiger partial charge < -0.3 is 5.11 Å². The summed E-state index contributed by atoms with van der Waals surface area (Å²) < 4.78 is 1.72. The lowest BCUT2D eigenvalue weighted by Crippen LogP contribution is -2.05. The molecule has 6 heteroatoms. The van der Waals surface area contributed by atoms with Gasteiger partial charge in [-0.25, -0.2) is 4.98 Å². The minimum atomic E-state index is -0.0983. The van der Waals surface area contributed by atoms with Crippen LogP contribution in [0.4, 0.5) is 0 Å². The second-order valence-electron chi connectivity index (χ2n) is 11.7. The molecule has 202 valence electrons. The molecule has 44 heavy (non-hydrogen) atoms. The predicted octanol–water partition coefficient (Wildman–Crippen LogP) is 8.35. The fourth-order valence-corrected chi connectivity index (χ4v) is 7.98. The molecule has 4 heterocycles. The Kier molecular flexibility index (Phi) is 3.79. The summed E-state index contributed by atoms with van der Waals surface area (Å²) in [6.07, 6.45) is 7.28. The standard InChI is InChI=1S/C38H18N4O2/c43-21-3-6-29-28(15-21)41-37-35-26-16-24(18-7-11-39-12-8-18)22-4-1-20-2-5-23-25(19-9-13-40-14-10-19)17-27(36(35)38(44)42(29)37)34-32(23)30(20)31(22)33(26)34/h1-17,43H. The normalized spacial score (nSPS) is 12.7. The Morgan fingerprint density at radius 1 is 0.545 bits per heavy atom. The maximum Gasteiger partial charge on any atom is 0.265 e. The van der Waals surface area contributed by atoms with Crippen molar-refractivity contribution in [1.29, 1.82) is 0 Å². The summed E-state index contributed by atoms with van der Waals surface area (Å²) in [6, 6.07) is 26.5. The molecule has 0 aliphatic carbocycles. The Labute approximate surface area is 247 Å². The third-order valence-corrected chi connectivity index (χ3v) is 9.68. The molecule has 0 amide bonds. The van der Waals surface area contributed by atoms with Crippen LogP contribution in [0.3, 0.4) is 0 Å². The van der Waals surface area contributed by atoms with Crippen LogP contribution in [-0.2, 0) is 0 Å². The van der Waals surface area contributed by atoms with E-state index in [1.54, 1.807) is 22.6 Å². The zero-order valence-corrected chi connectivity index (χ0v) is 23.0. The summed E-state index contributed by atoms with van der Waals surface area (Å²) in [6.45, 7) is 0. The molecule has 0 atom stereocenters. The smallest absolute Gasteiger partial charge is 0.265 e. The molecular weight excluding hydrogens is 544 g/mol. The van der Waals surface area contributed by atoms with Crippen LogP contribution in [0.25, 0.3) is 104 Å². The van der Waals surface area contributed by atoms with Crippen molar-refractivity contribution in [3.63, 3.8) is 0 Å². The Morgan fingerprint density at radius 3 is 1.73 bits per heavy atom. The van der Waals surface area contributed by atoms with Crippen LogP contribution in [0.1, 0.15) is 0 Å². The largest absolute Gasteiger partial charge is 0.508 e. The SMILES string of the molecule is O=c1c2c3cc(-c4ccncc4)c4ccc5ccc6c(-c7ccncc7)cc(c7c6c5c4c37)c2c2nc3cc(O)ccc3n12. The van der Waals surface area contributed by atoms with E-state index in [0.29, 0.717) is 22.1 Å². The number of phenols is 1. The fourth-order valence-electron chi connectivity index (χ4n) is 7.98. The zero-order valence-electron chi connectivity index (χ0n) is 23.0. The summed E-state index contributed by atoms with van der Waals surface area (Å²) in [5, 5.41) is 23.1. The van der Waals surface area contributed by atoms with Crippen LogP contribution in [-0.4, -0.2) is 24.5 Å². The summed E-state index contributed by atoms with van der Waals surface area (Å²) in [5.41, 5.74) is 6.08. The number of hydrogen-bond acceptors (Lipinski definition) is 5. The first-order chi connectivity index (χ1) is 21.7. The highest BCUT2D eigenvalue weighted by atomic mass is 16.3. The number of aromatic nitrogens is 4. The molecule has 4 aromatic heterocycles. The van der Waals surface area contributed by atoms with Gasteiger partial charge in [0.1, 0.15) is 11.4 Å². The first kappa shape index (κ1) is 22.5. The number of rotatable bonds is 2. The van der Waals surface area contributed by atoms with E-state index in [0.717, 1.165) is 49.2 Å². The Bertz CT molecular complexity index is 3000. The van der Waals surface area contributed by atoms with Crippen molar-refractivity contribution in [2.45, 2.75) is 0 Å². The molecule has 0 spiro atoms. The van der Waals surface area contributed by atoms with Crippen molar-refractivity contribution in [3.8, 4) is 28.0 Å². The number of nitrogens with zero attached hydrogens (tertiary/aromatic N) is 4. The highest BCUT2D eigenvalue weighted by Crippen LogP contribution is 2.54. The summed E-state index contributed by atoms with van der Waals surface area (Å²) >= 11 is 0. The van der Waals surface area contributed by atoms with Gasteiger partial charge in [-0.3, -0.25) is 19.2 Å². The van der Waals surface area contributed by atoms with Crippen LogP contribution >= 0.6 is 0 Å². The van der Waals surface area contributed by atoms with Crippen molar-refractivity contribution < 1.29 is 5.11 Å². The minimum Gasteiger partial charge on any atom is -0.508 e. The number of pyridine rings is 2. The van der Waals surface area contributed by atoms with Gasteiger partial charge in [-0.2, -0.15) is 0 Å². The second-order valence-corrected chi connectivity index (χ2v) is 11.7. The Balaban J connectivity index is 1.50. The monoisotopic (exact) mass is 562 g/mol. The molecule has 0 aliphatic rings. The van der Waals surface area contributed by atoms with Gasteiger partial charge in [0.05, 0.1) is 16.4 Å². The number of hydrogen-bond donors (Lipinski definition) is 1. The third kappa shape index (κ3) is 2.47. The predicted molar refractivity (Wildman–Crippen MR) is 177 cm³/mol. The number of phenolic OH excluding ortho intramolecular Hbond substituents is 1. The van der Waals surface area contributed by atoms with Gasteiger partial charge in [0.25, 0.3) is 5.56 Å². The third-order valence-electron chi connectivity index (χ3n) is 9.68. The summed E-state index contributed by atoms with van der Waals surface area (Å²) in [7, 11) is 0. The second kappa shape index (κ2) is 7.43. The maximum absolute atomic E-state index is 14.6. The number of imidazole rings is 1. The number of fused-ring (bicyclic) bond motifs is 7. The average molecular weight is 563 g/mol. The summed E-state index contributed by atoms with van der Waals surface area (Å²) in [5.74, 6) is 0.122. The van der Waals surface area contributed by atoms with E-state index in [4.69, 9.17) is 4.98 Å². The molecular formula is C38H18N4O2. The van der Waals surface area contributed by atoms with Crippen LogP contribution in [0.15, 0.2) is 108 Å². The van der Waals surface area contributed by atoms with E-state index in [1.807, 2.05) is 49.1 Å².